The predicted octanol–water partition coefficient (Wildman–Crippen LogP) is 4.33. The Morgan fingerprint density at radius 2 is 2.00 bits per heavy atom. The number of carbonyl (C=O) groups excluding carboxylic acids is 1. The van der Waals surface area contributed by atoms with Gasteiger partial charge in [-0.15, -0.1) is 0 Å². The minimum absolute atomic E-state index is 0.275. The van der Waals surface area contributed by atoms with Gasteiger partial charge in [0.15, 0.2) is 0 Å². The van der Waals surface area contributed by atoms with E-state index in [1.807, 2.05) is 19.9 Å². The van der Waals surface area contributed by atoms with Gasteiger partial charge in [0.1, 0.15) is 0 Å². The van der Waals surface area contributed by atoms with Gasteiger partial charge in [0, 0.05) is 16.6 Å². The molecule has 1 atom stereocenters. The van der Waals surface area contributed by atoms with Crippen LogP contribution in [0.1, 0.15) is 40.7 Å². The number of carbonyl (C=O) groups is 1. The molecule has 2 nitrogen and oxygen atoms in total. The number of piperidine rings is 1. The number of likely N-dealkylation sites (tertiary alicyclic amines) is 1. The molecule has 1 aliphatic heterocycles. The van der Waals surface area contributed by atoms with Gasteiger partial charge in [-0.2, -0.15) is 0 Å². The second-order valence-electron chi connectivity index (χ2n) is 5.31. The van der Waals surface area contributed by atoms with Crippen LogP contribution in [0.5, 0.6) is 0 Å². The maximum absolute atomic E-state index is 13.1. The molecule has 0 bridgehead atoms. The normalized spacial score (nSPS) is 19.5. The molecule has 2 rings (SSSR count). The van der Waals surface area contributed by atoms with Gasteiger partial charge in [-0.1, -0.05) is 15.9 Å². The SMILES string of the molecule is Cc1cc(C(=O)N2CCCC[C@H]2C(F)F)c(C)cc1Br. The number of aryl methyl sites for hydroxylation is 2. The molecular formula is C15H18BrF2NO. The van der Waals surface area contributed by atoms with Crippen LogP contribution in [0, 0.1) is 13.8 Å². The van der Waals surface area contributed by atoms with Crippen molar-refractivity contribution >= 4 is 21.8 Å². The van der Waals surface area contributed by atoms with Gasteiger partial charge in [-0.3, -0.25) is 4.79 Å². The Hall–Kier alpha value is -0.970. The van der Waals surface area contributed by atoms with Crippen molar-refractivity contribution in [2.75, 3.05) is 6.54 Å². The van der Waals surface area contributed by atoms with Crippen molar-refractivity contribution in [3.63, 3.8) is 0 Å². The predicted molar refractivity (Wildman–Crippen MR) is 78.3 cm³/mol. The zero-order chi connectivity index (χ0) is 14.9. The van der Waals surface area contributed by atoms with Crippen molar-refractivity contribution in [2.24, 2.45) is 0 Å². The highest BCUT2D eigenvalue weighted by molar-refractivity contribution is 9.10. The smallest absolute Gasteiger partial charge is 0.258 e. The maximum atomic E-state index is 13.1. The number of amides is 1. The van der Waals surface area contributed by atoms with Crippen LogP contribution in [0.3, 0.4) is 0 Å². The average molecular weight is 346 g/mol. The summed E-state index contributed by atoms with van der Waals surface area (Å²) in [6.45, 7) is 4.14. The van der Waals surface area contributed by atoms with Gasteiger partial charge in [0.25, 0.3) is 12.3 Å². The van der Waals surface area contributed by atoms with Gasteiger partial charge < -0.3 is 4.90 Å². The largest absolute Gasteiger partial charge is 0.330 e. The maximum Gasteiger partial charge on any atom is 0.258 e. The summed E-state index contributed by atoms with van der Waals surface area (Å²) in [5, 5.41) is 0. The molecule has 0 unspecified atom stereocenters. The van der Waals surface area contributed by atoms with Crippen LogP contribution in [0.4, 0.5) is 8.78 Å². The Labute approximate surface area is 126 Å². The van der Waals surface area contributed by atoms with Crippen LogP contribution in [0.15, 0.2) is 16.6 Å². The topological polar surface area (TPSA) is 20.3 Å². The van der Waals surface area contributed by atoms with Gasteiger partial charge in [0.2, 0.25) is 0 Å². The van der Waals surface area contributed by atoms with Crippen molar-refractivity contribution < 1.29 is 13.6 Å². The Kier molecular flexibility index (Phi) is 4.78. The van der Waals surface area contributed by atoms with E-state index in [0.29, 0.717) is 18.5 Å². The van der Waals surface area contributed by atoms with E-state index in [1.54, 1.807) is 6.07 Å². The summed E-state index contributed by atoms with van der Waals surface area (Å²) in [7, 11) is 0. The summed E-state index contributed by atoms with van der Waals surface area (Å²) in [6, 6.07) is 2.70. The van der Waals surface area contributed by atoms with E-state index in [2.05, 4.69) is 15.9 Å². The monoisotopic (exact) mass is 345 g/mol. The van der Waals surface area contributed by atoms with Gasteiger partial charge in [-0.05, 0) is 56.4 Å². The fourth-order valence-electron chi connectivity index (χ4n) is 2.64. The number of nitrogens with zero attached hydrogens (tertiary/aromatic N) is 1. The molecule has 20 heavy (non-hydrogen) atoms. The molecule has 0 aromatic heterocycles. The fourth-order valence-corrected chi connectivity index (χ4v) is 3.10. The van der Waals surface area contributed by atoms with E-state index in [0.717, 1.165) is 28.4 Å². The third-order valence-electron chi connectivity index (χ3n) is 3.84. The lowest BCUT2D eigenvalue weighted by molar-refractivity contribution is 0.00679. The minimum atomic E-state index is -2.48. The second kappa shape index (κ2) is 6.20. The first-order valence-electron chi connectivity index (χ1n) is 6.77. The molecule has 1 saturated heterocycles. The Morgan fingerprint density at radius 1 is 1.30 bits per heavy atom. The van der Waals surface area contributed by atoms with E-state index in [9.17, 15) is 13.6 Å². The zero-order valence-electron chi connectivity index (χ0n) is 11.6. The fraction of sp³-hybridized carbons (Fsp3) is 0.533. The zero-order valence-corrected chi connectivity index (χ0v) is 13.2. The molecule has 1 fully saturated rings. The number of hydrogen-bond donors (Lipinski definition) is 0. The van der Waals surface area contributed by atoms with Crippen molar-refractivity contribution in [1.29, 1.82) is 0 Å². The number of alkyl halides is 2. The van der Waals surface area contributed by atoms with Crippen molar-refractivity contribution in [3.8, 4) is 0 Å². The van der Waals surface area contributed by atoms with Gasteiger partial charge in [0.05, 0.1) is 6.04 Å². The Balaban J connectivity index is 2.32. The quantitative estimate of drug-likeness (QED) is 0.781. The Morgan fingerprint density at radius 3 is 2.65 bits per heavy atom. The molecule has 1 aromatic rings. The van der Waals surface area contributed by atoms with Crippen LogP contribution in [0.2, 0.25) is 0 Å². The summed E-state index contributed by atoms with van der Waals surface area (Å²) in [6.07, 6.45) is -0.533. The van der Waals surface area contributed by atoms with Crippen LogP contribution in [-0.4, -0.2) is 29.8 Å². The average Bonchev–Trinajstić information content (AvgIpc) is 2.42. The lowest BCUT2D eigenvalue weighted by atomic mass is 9.99. The summed E-state index contributed by atoms with van der Waals surface area (Å²) >= 11 is 3.42. The number of hydrogen-bond acceptors (Lipinski definition) is 1. The number of halogens is 3. The molecule has 1 aliphatic rings. The highest BCUT2D eigenvalue weighted by atomic mass is 79.9. The third kappa shape index (κ3) is 3.03. The van der Waals surface area contributed by atoms with E-state index < -0.39 is 12.5 Å². The first-order chi connectivity index (χ1) is 9.41. The van der Waals surface area contributed by atoms with Crippen molar-refractivity contribution in [3.05, 3.63) is 33.3 Å². The lowest BCUT2D eigenvalue weighted by Gasteiger charge is -2.35. The van der Waals surface area contributed by atoms with Crippen LogP contribution < -0.4 is 0 Å². The van der Waals surface area contributed by atoms with Crippen LogP contribution >= 0.6 is 15.9 Å². The second-order valence-corrected chi connectivity index (χ2v) is 6.17. The third-order valence-corrected chi connectivity index (χ3v) is 4.69. The molecule has 1 aromatic carbocycles. The minimum Gasteiger partial charge on any atom is -0.330 e. The van der Waals surface area contributed by atoms with E-state index in [1.165, 1.54) is 4.90 Å². The summed E-state index contributed by atoms with van der Waals surface area (Å²) < 4.78 is 27.1. The van der Waals surface area contributed by atoms with E-state index in [4.69, 9.17) is 0 Å². The van der Waals surface area contributed by atoms with Crippen molar-refractivity contribution in [2.45, 2.75) is 45.6 Å². The van der Waals surface area contributed by atoms with E-state index >= 15 is 0 Å². The first-order valence-corrected chi connectivity index (χ1v) is 7.57. The van der Waals surface area contributed by atoms with Crippen LogP contribution in [0.25, 0.3) is 0 Å². The Bertz CT molecular complexity index is 519. The van der Waals surface area contributed by atoms with Crippen LogP contribution in [-0.2, 0) is 0 Å². The number of rotatable bonds is 2. The molecule has 5 heteroatoms. The lowest BCUT2D eigenvalue weighted by Crippen LogP contribution is -2.47. The molecule has 0 radical (unpaired) electrons. The number of benzene rings is 1. The molecule has 110 valence electrons. The first kappa shape index (κ1) is 15.4. The molecule has 0 N–H and O–H groups in total. The highest BCUT2D eigenvalue weighted by Gasteiger charge is 2.34. The summed E-state index contributed by atoms with van der Waals surface area (Å²) in [5.74, 6) is -0.275. The van der Waals surface area contributed by atoms with Gasteiger partial charge in [-0.25, -0.2) is 8.78 Å². The molecule has 0 aliphatic carbocycles. The molecule has 0 spiro atoms. The van der Waals surface area contributed by atoms with Crippen molar-refractivity contribution in [1.82, 2.24) is 4.90 Å². The van der Waals surface area contributed by atoms with Gasteiger partial charge >= 0.3 is 0 Å². The molecule has 1 heterocycles. The summed E-state index contributed by atoms with van der Waals surface area (Å²) in [5.41, 5.74) is 2.27. The highest BCUT2D eigenvalue weighted by Crippen LogP contribution is 2.27. The molecular weight excluding hydrogens is 328 g/mol. The summed E-state index contributed by atoms with van der Waals surface area (Å²) in [4.78, 5) is 13.9. The standard InChI is InChI=1S/C15H18BrF2NO/c1-9-8-12(16)10(2)7-11(9)15(20)19-6-4-3-5-13(19)14(17)18/h7-8,13-14H,3-6H2,1-2H3/t13-/m0/s1. The molecule has 0 saturated carbocycles. The molecule has 1 amide bonds. The van der Waals surface area contributed by atoms with E-state index in [-0.39, 0.29) is 5.91 Å².